The van der Waals surface area contributed by atoms with E-state index in [-0.39, 0.29) is 32.7 Å². The number of nitrogens with zero attached hydrogens (tertiary/aromatic N) is 1. The Hall–Kier alpha value is -0.316. The topological polar surface area (TPSA) is 3.24 Å². The summed E-state index contributed by atoms with van der Waals surface area (Å²) in [5.41, 5.74) is 2.73. The maximum atomic E-state index is 5.27. The number of rotatable bonds is 0. The molecule has 0 saturated heterocycles. The van der Waals surface area contributed by atoms with Gasteiger partial charge in [-0.25, -0.2) is 0 Å². The van der Waals surface area contributed by atoms with E-state index in [0.717, 1.165) is 16.7 Å². The van der Waals surface area contributed by atoms with E-state index in [1.165, 1.54) is 0 Å². The van der Waals surface area contributed by atoms with Gasteiger partial charge < -0.3 is 4.90 Å². The predicted molar refractivity (Wildman–Crippen MR) is 46.2 cm³/mol. The molecule has 1 heterocycles. The molecule has 0 aromatic heterocycles. The first-order valence-corrected chi connectivity index (χ1v) is 3.36. The van der Waals surface area contributed by atoms with E-state index in [4.69, 9.17) is 6.42 Å². The molecule has 0 unspecified atom stereocenters. The molecule has 0 N–H and O–H groups in total. The SMILES string of the molecule is C#CC1=CN(C)[C-]=C(C)C1=C.[Y]. The summed E-state index contributed by atoms with van der Waals surface area (Å²) in [6, 6.07) is 0. The molecule has 0 aliphatic carbocycles. The first-order chi connectivity index (χ1) is 5.15. The summed E-state index contributed by atoms with van der Waals surface area (Å²) in [6.45, 7) is 5.79. The summed E-state index contributed by atoms with van der Waals surface area (Å²) in [4.78, 5) is 1.82. The van der Waals surface area contributed by atoms with Crippen molar-refractivity contribution in [1.82, 2.24) is 4.90 Å². The second-order valence-electron chi connectivity index (χ2n) is 2.51. The second kappa shape index (κ2) is 4.65. The Morgan fingerprint density at radius 1 is 1.67 bits per heavy atom. The fourth-order valence-corrected chi connectivity index (χ4v) is 0.962. The van der Waals surface area contributed by atoms with Crippen molar-refractivity contribution in [1.29, 1.82) is 0 Å². The van der Waals surface area contributed by atoms with Gasteiger partial charge in [0.15, 0.2) is 0 Å². The van der Waals surface area contributed by atoms with Crippen LogP contribution in [-0.2, 0) is 32.7 Å². The molecule has 0 fully saturated rings. The van der Waals surface area contributed by atoms with Crippen LogP contribution in [0.4, 0.5) is 0 Å². The molecule has 0 aromatic carbocycles. The van der Waals surface area contributed by atoms with Crippen molar-refractivity contribution in [3.8, 4) is 12.3 Å². The molecule has 0 atom stereocenters. The average molecular weight is 233 g/mol. The van der Waals surface area contributed by atoms with Crippen LogP contribution >= 0.6 is 0 Å². The smallest absolute Gasteiger partial charge is 0 e. The molecule has 0 saturated carbocycles. The fraction of sp³-hybridized carbons (Fsp3) is 0.200. The molecule has 1 nitrogen and oxygen atoms in total. The Balaban J connectivity index is 0.00000121. The third-order valence-electron chi connectivity index (χ3n) is 1.60. The third kappa shape index (κ3) is 2.34. The van der Waals surface area contributed by atoms with Crippen LogP contribution in [0.2, 0.25) is 0 Å². The number of terminal acetylenes is 1. The van der Waals surface area contributed by atoms with E-state index in [0.29, 0.717) is 0 Å². The van der Waals surface area contributed by atoms with Gasteiger partial charge in [0.25, 0.3) is 0 Å². The van der Waals surface area contributed by atoms with E-state index in [9.17, 15) is 0 Å². The van der Waals surface area contributed by atoms with Crippen molar-refractivity contribution in [2.24, 2.45) is 0 Å². The van der Waals surface area contributed by atoms with Crippen molar-refractivity contribution >= 4 is 0 Å². The van der Waals surface area contributed by atoms with E-state index in [1.807, 2.05) is 25.1 Å². The number of hydrogen-bond acceptors (Lipinski definition) is 1. The van der Waals surface area contributed by atoms with E-state index < -0.39 is 0 Å². The van der Waals surface area contributed by atoms with Crippen LogP contribution in [0, 0.1) is 18.5 Å². The van der Waals surface area contributed by atoms with Crippen molar-refractivity contribution in [2.75, 3.05) is 7.05 Å². The minimum Gasteiger partial charge on any atom is -0.462 e. The summed E-state index contributed by atoms with van der Waals surface area (Å²) >= 11 is 0. The summed E-state index contributed by atoms with van der Waals surface area (Å²) in [5.74, 6) is 2.57. The van der Waals surface area contributed by atoms with Gasteiger partial charge in [-0.05, 0) is 7.05 Å². The molecule has 1 rings (SSSR count). The molecule has 2 heteroatoms. The molecule has 1 aliphatic heterocycles. The van der Waals surface area contributed by atoms with Gasteiger partial charge in [-0.2, -0.15) is 0 Å². The van der Waals surface area contributed by atoms with Crippen LogP contribution < -0.4 is 0 Å². The van der Waals surface area contributed by atoms with Crippen LogP contribution in [0.25, 0.3) is 0 Å². The van der Waals surface area contributed by atoms with Crippen molar-refractivity contribution in [3.05, 3.63) is 35.7 Å². The molecule has 0 aromatic rings. The first kappa shape index (κ1) is 11.7. The van der Waals surface area contributed by atoms with Crippen molar-refractivity contribution in [3.63, 3.8) is 0 Å². The van der Waals surface area contributed by atoms with E-state index >= 15 is 0 Å². The quantitative estimate of drug-likeness (QED) is 0.454. The van der Waals surface area contributed by atoms with Gasteiger partial charge in [0, 0.05) is 32.7 Å². The molecule has 0 bridgehead atoms. The van der Waals surface area contributed by atoms with Gasteiger partial charge in [0.2, 0.25) is 0 Å². The molecule has 0 spiro atoms. The van der Waals surface area contributed by atoms with Crippen LogP contribution in [0.1, 0.15) is 6.92 Å². The van der Waals surface area contributed by atoms with Gasteiger partial charge in [-0.3, -0.25) is 0 Å². The minimum absolute atomic E-state index is 0. The minimum atomic E-state index is 0. The van der Waals surface area contributed by atoms with E-state index in [2.05, 4.69) is 18.7 Å². The molecule has 12 heavy (non-hydrogen) atoms. The van der Waals surface area contributed by atoms with Crippen LogP contribution in [0.3, 0.4) is 0 Å². The zero-order valence-corrected chi connectivity index (χ0v) is 10.2. The van der Waals surface area contributed by atoms with E-state index in [1.54, 1.807) is 0 Å². The van der Waals surface area contributed by atoms with Gasteiger partial charge in [-0.1, -0.05) is 30.8 Å². The van der Waals surface area contributed by atoms with Crippen LogP contribution in [0.15, 0.2) is 29.5 Å². The van der Waals surface area contributed by atoms with Crippen LogP contribution in [-0.4, -0.2) is 11.9 Å². The molecule has 0 amide bonds. The van der Waals surface area contributed by atoms with Gasteiger partial charge >= 0.3 is 0 Å². The van der Waals surface area contributed by atoms with Crippen LogP contribution in [0.5, 0.6) is 0 Å². The monoisotopic (exact) mass is 233 g/mol. The molecular weight excluding hydrogens is 223 g/mol. The summed E-state index contributed by atoms with van der Waals surface area (Å²) in [7, 11) is 1.90. The molecule has 1 radical (unpaired) electrons. The first-order valence-electron chi connectivity index (χ1n) is 3.36. The largest absolute Gasteiger partial charge is 0.462 e. The Labute approximate surface area is 99.1 Å². The van der Waals surface area contributed by atoms with Crippen molar-refractivity contribution < 1.29 is 32.7 Å². The Bertz CT molecular complexity index is 291. The maximum absolute atomic E-state index is 5.27. The maximum Gasteiger partial charge on any atom is 0 e. The molecule has 59 valence electrons. The van der Waals surface area contributed by atoms with Gasteiger partial charge in [-0.15, -0.1) is 24.1 Å². The van der Waals surface area contributed by atoms with Crippen molar-refractivity contribution in [2.45, 2.75) is 6.92 Å². The molecular formula is C10H10NY-. The summed E-state index contributed by atoms with van der Waals surface area (Å²) in [6.07, 6.45) is 10.2. The number of allylic oxidation sites excluding steroid dienone is 3. The Morgan fingerprint density at radius 2 is 2.25 bits per heavy atom. The second-order valence-corrected chi connectivity index (χ2v) is 2.51. The third-order valence-corrected chi connectivity index (χ3v) is 1.60. The predicted octanol–water partition coefficient (Wildman–Crippen LogP) is 1.71. The standard InChI is InChI=1S/C10H10N.Y/c1-5-10-7-11(4)6-8(2)9(10)3;/h1,7H,3H2,2,4H3;/q-1;. The average Bonchev–Trinajstić information content (AvgIpc) is 1.96. The summed E-state index contributed by atoms with van der Waals surface area (Å²) < 4.78 is 0. The molecule has 1 aliphatic rings. The van der Waals surface area contributed by atoms with Gasteiger partial charge in [0.05, 0.1) is 0 Å². The normalized spacial score (nSPS) is 15.8. The zero-order chi connectivity index (χ0) is 8.43. The Morgan fingerprint density at radius 3 is 2.75 bits per heavy atom. The fourth-order valence-electron chi connectivity index (χ4n) is 0.962. The van der Waals surface area contributed by atoms with Gasteiger partial charge in [0.1, 0.15) is 0 Å². The zero-order valence-electron chi connectivity index (χ0n) is 7.39. The Kier molecular flexibility index (Phi) is 4.52. The number of hydrogen-bond donors (Lipinski definition) is 0. The summed E-state index contributed by atoms with van der Waals surface area (Å²) in [5, 5.41) is 0.